The molecule has 0 saturated carbocycles. The Morgan fingerprint density at radius 3 is 2.11 bits per heavy atom. The summed E-state index contributed by atoms with van der Waals surface area (Å²) in [6, 6.07) is 9.11. The first-order chi connectivity index (χ1) is 17.1. The van der Waals surface area contributed by atoms with Gasteiger partial charge in [-0.3, -0.25) is 4.90 Å². The fraction of sp³-hybridized carbons (Fsp3) is 0.607. The van der Waals surface area contributed by atoms with Crippen LogP contribution in [0.4, 0.5) is 0 Å². The quantitative estimate of drug-likeness (QED) is 0.312. The molecular weight excluding hydrogens is 434 g/mol. The van der Waals surface area contributed by atoms with E-state index in [1.165, 1.54) is 56.4 Å². The number of unbranched alkanes of at least 4 members (excludes halogenated alkanes) is 1. The molecule has 0 aliphatic carbocycles. The van der Waals surface area contributed by atoms with E-state index in [0.29, 0.717) is 0 Å². The third-order valence-corrected chi connectivity index (χ3v) is 6.53. The molecule has 0 amide bonds. The predicted octanol–water partition coefficient (Wildman–Crippen LogP) is 4.59. The lowest BCUT2D eigenvalue weighted by Gasteiger charge is -2.23. The average Bonchev–Trinajstić information content (AvgIpc) is 3.50. The van der Waals surface area contributed by atoms with Crippen LogP contribution in [0.2, 0.25) is 0 Å². The number of hydrogen-bond donors (Lipinski definition) is 0. The molecule has 3 rings (SSSR count). The summed E-state index contributed by atoms with van der Waals surface area (Å²) in [6.45, 7) is 12.9. The van der Waals surface area contributed by atoms with Crippen LogP contribution in [0.3, 0.4) is 0 Å². The molecule has 2 heterocycles. The Kier molecular flexibility index (Phi) is 11.6. The normalized spacial score (nSPS) is 13.5. The van der Waals surface area contributed by atoms with Crippen LogP contribution in [0, 0.1) is 0 Å². The molecule has 192 valence electrons. The standard InChI is InChI=1S/C28H45N7/c1-5-16-34(17-6-2)19-8-7-18-32(3)21-25-9-11-26(12-10-25)22-35(23-27-13-14-30-31-27)24-28-29-15-20-33(28)4/h9-12,14-15,20H,5-8,13,16-19,21-24H2,1-4H3. The van der Waals surface area contributed by atoms with Gasteiger partial charge in [0.15, 0.2) is 0 Å². The van der Waals surface area contributed by atoms with Crippen LogP contribution in [0.5, 0.6) is 0 Å². The molecule has 1 aliphatic heterocycles. The van der Waals surface area contributed by atoms with Crippen LogP contribution in [-0.4, -0.2) is 75.9 Å². The van der Waals surface area contributed by atoms with Crippen molar-refractivity contribution in [3.63, 3.8) is 0 Å². The number of benzene rings is 1. The summed E-state index contributed by atoms with van der Waals surface area (Å²) in [6.07, 6.45) is 11.6. The minimum Gasteiger partial charge on any atom is -0.337 e. The lowest BCUT2D eigenvalue weighted by Crippen LogP contribution is -2.30. The molecule has 0 atom stereocenters. The van der Waals surface area contributed by atoms with Gasteiger partial charge in [0.25, 0.3) is 0 Å². The Labute approximate surface area is 212 Å². The number of rotatable bonds is 17. The molecule has 1 aromatic heterocycles. The molecule has 0 unspecified atom stereocenters. The first kappa shape index (κ1) is 27.2. The van der Waals surface area contributed by atoms with Gasteiger partial charge in [-0.15, -0.1) is 0 Å². The molecule has 7 heteroatoms. The fourth-order valence-electron chi connectivity index (χ4n) is 4.66. The van der Waals surface area contributed by atoms with Crippen LogP contribution >= 0.6 is 0 Å². The lowest BCUT2D eigenvalue weighted by atomic mass is 10.1. The number of aromatic nitrogens is 2. The summed E-state index contributed by atoms with van der Waals surface area (Å²) in [7, 11) is 4.29. The van der Waals surface area contributed by atoms with Crippen molar-refractivity contribution in [2.45, 2.75) is 65.6 Å². The molecular formula is C28H45N7. The van der Waals surface area contributed by atoms with E-state index in [2.05, 4.69) is 86.7 Å². The van der Waals surface area contributed by atoms with Gasteiger partial charge in [0.1, 0.15) is 5.82 Å². The Hall–Kier alpha value is -2.35. The van der Waals surface area contributed by atoms with Gasteiger partial charge in [0.05, 0.1) is 12.3 Å². The van der Waals surface area contributed by atoms with Crippen LogP contribution in [0.15, 0.2) is 46.9 Å². The third-order valence-electron chi connectivity index (χ3n) is 6.53. The van der Waals surface area contributed by atoms with Gasteiger partial charge in [-0.25, -0.2) is 4.98 Å². The summed E-state index contributed by atoms with van der Waals surface area (Å²) in [5, 5.41) is 8.32. The van der Waals surface area contributed by atoms with Crippen molar-refractivity contribution in [3.05, 3.63) is 53.6 Å². The van der Waals surface area contributed by atoms with E-state index in [1.807, 2.05) is 18.6 Å². The molecule has 35 heavy (non-hydrogen) atoms. The highest BCUT2D eigenvalue weighted by atomic mass is 15.2. The minimum atomic E-state index is 0.793. The van der Waals surface area contributed by atoms with E-state index in [0.717, 1.165) is 50.7 Å². The van der Waals surface area contributed by atoms with Gasteiger partial charge < -0.3 is 14.4 Å². The van der Waals surface area contributed by atoms with Crippen molar-refractivity contribution in [3.8, 4) is 0 Å². The second kappa shape index (κ2) is 14.9. The molecule has 0 N–H and O–H groups in total. The summed E-state index contributed by atoms with van der Waals surface area (Å²) in [4.78, 5) is 12.0. The topological polar surface area (TPSA) is 52.3 Å². The van der Waals surface area contributed by atoms with E-state index in [1.54, 1.807) is 0 Å². The SMILES string of the molecule is CCCN(CCC)CCCCN(C)Cc1ccc(CN(CC2=NN=CC2)Cc2nccn2C)cc1. The van der Waals surface area contributed by atoms with Gasteiger partial charge >= 0.3 is 0 Å². The van der Waals surface area contributed by atoms with Crippen LogP contribution in [-0.2, 0) is 26.7 Å². The fourth-order valence-corrected chi connectivity index (χ4v) is 4.66. The zero-order chi connectivity index (χ0) is 24.9. The molecule has 0 fully saturated rings. The molecule has 1 aromatic carbocycles. The minimum absolute atomic E-state index is 0.793. The largest absolute Gasteiger partial charge is 0.337 e. The third kappa shape index (κ3) is 9.67. The Balaban J connectivity index is 1.46. The number of imidazole rings is 1. The van der Waals surface area contributed by atoms with Crippen molar-refractivity contribution in [2.75, 3.05) is 39.8 Å². The molecule has 1 aliphatic rings. The van der Waals surface area contributed by atoms with Gasteiger partial charge in [0.2, 0.25) is 0 Å². The molecule has 7 nitrogen and oxygen atoms in total. The van der Waals surface area contributed by atoms with Gasteiger partial charge in [-0.1, -0.05) is 38.1 Å². The Bertz CT molecular complexity index is 910. The van der Waals surface area contributed by atoms with Crippen molar-refractivity contribution in [1.29, 1.82) is 0 Å². The van der Waals surface area contributed by atoms with Crippen molar-refractivity contribution in [1.82, 2.24) is 24.3 Å². The molecule has 0 radical (unpaired) electrons. The lowest BCUT2D eigenvalue weighted by molar-refractivity contribution is 0.255. The van der Waals surface area contributed by atoms with Crippen molar-refractivity contribution < 1.29 is 0 Å². The van der Waals surface area contributed by atoms with Gasteiger partial charge in [-0.05, 0) is 70.0 Å². The van der Waals surface area contributed by atoms with Crippen molar-refractivity contribution in [2.24, 2.45) is 17.3 Å². The van der Waals surface area contributed by atoms with Crippen LogP contribution in [0.1, 0.15) is 62.9 Å². The van der Waals surface area contributed by atoms with Crippen LogP contribution < -0.4 is 0 Å². The summed E-state index contributed by atoms with van der Waals surface area (Å²) >= 11 is 0. The Morgan fingerprint density at radius 2 is 1.51 bits per heavy atom. The highest BCUT2D eigenvalue weighted by molar-refractivity contribution is 5.99. The average molecular weight is 480 g/mol. The smallest absolute Gasteiger partial charge is 0.122 e. The van der Waals surface area contributed by atoms with Gasteiger partial charge in [0, 0.05) is 51.7 Å². The summed E-state index contributed by atoms with van der Waals surface area (Å²) in [5.74, 6) is 1.07. The summed E-state index contributed by atoms with van der Waals surface area (Å²) < 4.78 is 2.09. The highest BCUT2D eigenvalue weighted by Crippen LogP contribution is 2.13. The second-order valence-electron chi connectivity index (χ2n) is 9.87. The predicted molar refractivity (Wildman–Crippen MR) is 147 cm³/mol. The van der Waals surface area contributed by atoms with Crippen LogP contribution in [0.25, 0.3) is 0 Å². The first-order valence-corrected chi connectivity index (χ1v) is 13.3. The van der Waals surface area contributed by atoms with E-state index >= 15 is 0 Å². The number of nitrogens with zero attached hydrogens (tertiary/aromatic N) is 7. The van der Waals surface area contributed by atoms with E-state index in [9.17, 15) is 0 Å². The van der Waals surface area contributed by atoms with E-state index in [-0.39, 0.29) is 0 Å². The summed E-state index contributed by atoms with van der Waals surface area (Å²) in [5.41, 5.74) is 3.81. The molecule has 0 saturated heterocycles. The maximum Gasteiger partial charge on any atom is 0.122 e. The van der Waals surface area contributed by atoms with Crippen molar-refractivity contribution >= 4 is 11.9 Å². The van der Waals surface area contributed by atoms with Gasteiger partial charge in [-0.2, -0.15) is 10.2 Å². The number of aryl methyl sites for hydroxylation is 1. The second-order valence-corrected chi connectivity index (χ2v) is 9.87. The van der Waals surface area contributed by atoms with E-state index < -0.39 is 0 Å². The zero-order valence-corrected chi connectivity index (χ0v) is 22.4. The molecule has 0 bridgehead atoms. The molecule has 0 spiro atoms. The number of hydrogen-bond acceptors (Lipinski definition) is 6. The highest BCUT2D eigenvalue weighted by Gasteiger charge is 2.15. The van der Waals surface area contributed by atoms with E-state index in [4.69, 9.17) is 0 Å². The molecule has 2 aromatic rings. The maximum atomic E-state index is 4.52. The monoisotopic (exact) mass is 479 g/mol. The maximum absolute atomic E-state index is 4.52. The first-order valence-electron chi connectivity index (χ1n) is 13.3. The Morgan fingerprint density at radius 1 is 0.829 bits per heavy atom. The zero-order valence-electron chi connectivity index (χ0n) is 22.4.